The standard InChI is InChI=1S/C26H29F6N5O3/c27-25(28,29)18-2-5-21(6-3-18)35-11-1-10-34(14-15-35)12-9-24(38)36-13-8-20(17-36)33-19-4-7-23(37(39)40)22(16-19)26(30,31)32/h2-7,16,20,33H,1,8-15,17H2/t20-/m0/s1. The van der Waals surface area contributed by atoms with Gasteiger partial charge in [0.05, 0.1) is 10.5 Å². The number of likely N-dealkylation sites (tertiary alicyclic amines) is 1. The van der Waals surface area contributed by atoms with Crippen molar-refractivity contribution in [2.75, 3.05) is 56.0 Å². The maximum absolute atomic E-state index is 13.3. The van der Waals surface area contributed by atoms with Crippen molar-refractivity contribution in [3.05, 3.63) is 63.7 Å². The Hall–Kier alpha value is -3.55. The molecule has 2 aliphatic rings. The quantitative estimate of drug-likeness (QED) is 0.277. The minimum absolute atomic E-state index is 0.0761. The van der Waals surface area contributed by atoms with Crippen LogP contribution in [0.15, 0.2) is 42.5 Å². The summed E-state index contributed by atoms with van der Waals surface area (Å²) in [7, 11) is 0. The second-order valence-corrected chi connectivity index (χ2v) is 9.93. The van der Waals surface area contributed by atoms with Gasteiger partial charge in [0.25, 0.3) is 5.69 Å². The average molecular weight is 574 g/mol. The van der Waals surface area contributed by atoms with E-state index in [0.29, 0.717) is 45.7 Å². The van der Waals surface area contributed by atoms with E-state index in [2.05, 4.69) is 10.2 Å². The molecule has 0 aliphatic carbocycles. The summed E-state index contributed by atoms with van der Waals surface area (Å²) >= 11 is 0. The molecule has 8 nitrogen and oxygen atoms in total. The van der Waals surface area contributed by atoms with E-state index in [0.717, 1.165) is 42.9 Å². The number of anilines is 2. The second-order valence-electron chi connectivity index (χ2n) is 9.93. The monoisotopic (exact) mass is 573 g/mol. The lowest BCUT2D eigenvalue weighted by molar-refractivity contribution is -0.388. The first-order valence-electron chi connectivity index (χ1n) is 12.9. The van der Waals surface area contributed by atoms with Gasteiger partial charge in [-0.15, -0.1) is 0 Å². The smallest absolute Gasteiger partial charge is 0.380 e. The summed E-state index contributed by atoms with van der Waals surface area (Å²) in [6.07, 6.45) is -7.67. The van der Waals surface area contributed by atoms with Crippen molar-refractivity contribution in [3.63, 3.8) is 0 Å². The van der Waals surface area contributed by atoms with Crippen LogP contribution in [0.3, 0.4) is 0 Å². The number of hydrogen-bond acceptors (Lipinski definition) is 6. The van der Waals surface area contributed by atoms with Crippen LogP contribution in [0.25, 0.3) is 0 Å². The molecule has 0 radical (unpaired) electrons. The summed E-state index contributed by atoms with van der Waals surface area (Å²) in [6.45, 7) is 3.97. The van der Waals surface area contributed by atoms with Gasteiger partial charge in [0.15, 0.2) is 0 Å². The van der Waals surface area contributed by atoms with Crippen LogP contribution in [0.1, 0.15) is 30.4 Å². The molecule has 2 saturated heterocycles. The topological polar surface area (TPSA) is 82.0 Å². The molecule has 1 amide bonds. The van der Waals surface area contributed by atoms with Crippen LogP contribution >= 0.6 is 0 Å². The molecule has 2 aliphatic heterocycles. The van der Waals surface area contributed by atoms with E-state index in [-0.39, 0.29) is 24.1 Å². The molecular formula is C26H29F6N5O3. The predicted octanol–water partition coefficient (Wildman–Crippen LogP) is 5.25. The Bertz CT molecular complexity index is 1200. The van der Waals surface area contributed by atoms with Crippen LogP contribution in [0.2, 0.25) is 0 Å². The first kappa shape index (κ1) is 29.4. The Kier molecular flexibility index (Phi) is 8.76. The van der Waals surface area contributed by atoms with Crippen molar-refractivity contribution in [3.8, 4) is 0 Å². The third-order valence-corrected chi connectivity index (χ3v) is 7.20. The van der Waals surface area contributed by atoms with Crippen molar-refractivity contribution in [2.45, 2.75) is 37.7 Å². The fraction of sp³-hybridized carbons (Fsp3) is 0.500. The molecule has 0 saturated carbocycles. The molecule has 2 fully saturated rings. The summed E-state index contributed by atoms with van der Waals surface area (Å²) in [4.78, 5) is 28.5. The zero-order chi connectivity index (χ0) is 29.1. The summed E-state index contributed by atoms with van der Waals surface area (Å²) in [5.41, 5.74) is -2.22. The second kappa shape index (κ2) is 11.9. The molecular weight excluding hydrogens is 544 g/mol. The van der Waals surface area contributed by atoms with Crippen molar-refractivity contribution < 1.29 is 36.1 Å². The summed E-state index contributed by atoms with van der Waals surface area (Å²) in [6, 6.07) is 7.57. The Morgan fingerprint density at radius 2 is 1.68 bits per heavy atom. The highest BCUT2D eigenvalue weighted by atomic mass is 19.4. The fourth-order valence-corrected chi connectivity index (χ4v) is 5.08. The maximum atomic E-state index is 13.3. The van der Waals surface area contributed by atoms with E-state index in [1.165, 1.54) is 18.2 Å². The normalized spacial score (nSPS) is 19.0. The molecule has 14 heteroatoms. The first-order valence-corrected chi connectivity index (χ1v) is 12.9. The first-order chi connectivity index (χ1) is 18.8. The number of alkyl halides is 6. The molecule has 1 atom stereocenters. The van der Waals surface area contributed by atoms with Crippen LogP contribution in [0.4, 0.5) is 43.4 Å². The van der Waals surface area contributed by atoms with Crippen LogP contribution in [-0.4, -0.2) is 72.5 Å². The zero-order valence-electron chi connectivity index (χ0n) is 21.5. The number of carbonyl (C=O) groups is 1. The summed E-state index contributed by atoms with van der Waals surface area (Å²) in [5, 5.41) is 13.9. The Morgan fingerprint density at radius 1 is 0.950 bits per heavy atom. The van der Waals surface area contributed by atoms with Gasteiger partial charge in [-0.2, -0.15) is 26.3 Å². The fourth-order valence-electron chi connectivity index (χ4n) is 5.08. The lowest BCUT2D eigenvalue weighted by Gasteiger charge is -2.24. The van der Waals surface area contributed by atoms with E-state index < -0.39 is 34.1 Å². The highest BCUT2D eigenvalue weighted by molar-refractivity contribution is 5.77. The molecule has 0 aromatic heterocycles. The van der Waals surface area contributed by atoms with E-state index in [9.17, 15) is 41.3 Å². The third kappa shape index (κ3) is 7.34. The Morgan fingerprint density at radius 3 is 2.33 bits per heavy atom. The number of amides is 1. The summed E-state index contributed by atoms with van der Waals surface area (Å²) < 4.78 is 78.3. The number of nitro groups is 1. The molecule has 0 bridgehead atoms. The SMILES string of the molecule is O=C(CCN1CCCN(c2ccc(C(F)(F)F)cc2)CC1)N1CC[C@H](Nc2ccc([N+](=O)[O-])c(C(F)(F)F)c2)C1. The number of nitrogens with one attached hydrogen (secondary N) is 1. The predicted molar refractivity (Wildman–Crippen MR) is 136 cm³/mol. The molecule has 2 heterocycles. The third-order valence-electron chi connectivity index (χ3n) is 7.20. The van der Waals surface area contributed by atoms with Crippen LogP contribution in [-0.2, 0) is 17.1 Å². The highest BCUT2D eigenvalue weighted by Crippen LogP contribution is 2.38. The van der Waals surface area contributed by atoms with Crippen molar-refractivity contribution in [1.29, 1.82) is 0 Å². The van der Waals surface area contributed by atoms with Crippen molar-refractivity contribution in [1.82, 2.24) is 9.80 Å². The Balaban J connectivity index is 1.25. The number of halogens is 6. The van der Waals surface area contributed by atoms with E-state index in [1.807, 2.05) is 4.90 Å². The van der Waals surface area contributed by atoms with Gasteiger partial charge in [-0.1, -0.05) is 0 Å². The van der Waals surface area contributed by atoms with Gasteiger partial charge in [0.2, 0.25) is 5.91 Å². The molecule has 40 heavy (non-hydrogen) atoms. The van der Waals surface area contributed by atoms with Gasteiger partial charge in [-0.25, -0.2) is 0 Å². The van der Waals surface area contributed by atoms with Gasteiger partial charge in [0.1, 0.15) is 5.56 Å². The number of hydrogen-bond donors (Lipinski definition) is 1. The van der Waals surface area contributed by atoms with E-state index >= 15 is 0 Å². The lowest BCUT2D eigenvalue weighted by atomic mass is 10.1. The highest BCUT2D eigenvalue weighted by Gasteiger charge is 2.39. The molecule has 218 valence electrons. The average Bonchev–Trinajstić information content (AvgIpc) is 3.22. The van der Waals surface area contributed by atoms with E-state index in [1.54, 1.807) is 4.90 Å². The molecule has 0 spiro atoms. The summed E-state index contributed by atoms with van der Waals surface area (Å²) in [5.74, 6) is -0.0761. The molecule has 0 unspecified atom stereocenters. The van der Waals surface area contributed by atoms with Gasteiger partial charge in [0, 0.05) is 69.2 Å². The lowest BCUT2D eigenvalue weighted by Crippen LogP contribution is -2.36. The number of rotatable bonds is 7. The minimum atomic E-state index is -4.88. The number of nitro benzene ring substituents is 1. The largest absolute Gasteiger partial charge is 0.423 e. The number of carbonyl (C=O) groups excluding carboxylic acids is 1. The maximum Gasteiger partial charge on any atom is 0.423 e. The number of nitrogens with zero attached hydrogens (tertiary/aromatic N) is 4. The van der Waals surface area contributed by atoms with Gasteiger partial charge >= 0.3 is 12.4 Å². The van der Waals surface area contributed by atoms with Gasteiger partial charge in [-0.3, -0.25) is 14.9 Å². The molecule has 2 aromatic rings. The minimum Gasteiger partial charge on any atom is -0.380 e. The van der Waals surface area contributed by atoms with Crippen molar-refractivity contribution >= 4 is 23.0 Å². The zero-order valence-corrected chi connectivity index (χ0v) is 21.5. The molecule has 2 aromatic carbocycles. The van der Waals surface area contributed by atoms with Gasteiger partial charge in [-0.05, 0) is 55.8 Å². The van der Waals surface area contributed by atoms with Crippen LogP contribution in [0, 0.1) is 10.1 Å². The van der Waals surface area contributed by atoms with Crippen LogP contribution < -0.4 is 10.2 Å². The molecule has 1 N–H and O–H groups in total. The van der Waals surface area contributed by atoms with E-state index in [4.69, 9.17) is 0 Å². The number of benzene rings is 2. The van der Waals surface area contributed by atoms with Gasteiger partial charge < -0.3 is 20.0 Å². The Labute approximate surface area is 226 Å². The van der Waals surface area contributed by atoms with Crippen molar-refractivity contribution in [2.24, 2.45) is 0 Å². The molecule has 4 rings (SSSR count). The van der Waals surface area contributed by atoms with Crippen LogP contribution in [0.5, 0.6) is 0 Å².